The van der Waals surface area contributed by atoms with Gasteiger partial charge in [-0.15, -0.1) is 0 Å². The summed E-state index contributed by atoms with van der Waals surface area (Å²) in [7, 11) is 0. The second kappa shape index (κ2) is 5.32. The highest BCUT2D eigenvalue weighted by molar-refractivity contribution is 5.96. The zero-order valence-electron chi connectivity index (χ0n) is 11.6. The molecule has 2 aromatic heterocycles. The maximum Gasteiger partial charge on any atom is 0.278 e. The lowest BCUT2D eigenvalue weighted by Gasteiger charge is -2.10. The van der Waals surface area contributed by atoms with Crippen LogP contribution in [0.25, 0.3) is 16.5 Å². The average Bonchev–Trinajstić information content (AvgIpc) is 2.94. The Morgan fingerprint density at radius 2 is 2.10 bits per heavy atom. The van der Waals surface area contributed by atoms with Crippen LogP contribution in [0.1, 0.15) is 19.2 Å². The molecule has 3 aromatic rings. The fourth-order valence-electron chi connectivity index (χ4n) is 2.49. The molecule has 0 radical (unpaired) electrons. The van der Waals surface area contributed by atoms with Crippen molar-refractivity contribution in [1.82, 2.24) is 14.5 Å². The topological polar surface area (TPSA) is 73.8 Å². The molecule has 3 rings (SSSR count). The molecule has 2 heterocycles. The zero-order valence-corrected chi connectivity index (χ0v) is 11.6. The van der Waals surface area contributed by atoms with Gasteiger partial charge in [0.15, 0.2) is 0 Å². The minimum Gasteiger partial charge on any atom is -0.303 e. The van der Waals surface area contributed by atoms with Crippen LogP contribution < -0.4 is 0 Å². The van der Waals surface area contributed by atoms with E-state index < -0.39 is 0 Å². The van der Waals surface area contributed by atoms with Gasteiger partial charge in [0.25, 0.3) is 5.69 Å². The molecule has 0 bridgehead atoms. The lowest BCUT2D eigenvalue weighted by Crippen LogP contribution is -2.02. The molecule has 0 atom stereocenters. The van der Waals surface area contributed by atoms with Crippen LogP contribution in [-0.4, -0.2) is 19.5 Å². The fraction of sp³-hybridized carbons (Fsp3) is 0.200. The van der Waals surface area contributed by atoms with Gasteiger partial charge in [-0.1, -0.05) is 6.92 Å². The molecule has 0 unspecified atom stereocenters. The molecule has 21 heavy (non-hydrogen) atoms. The highest BCUT2D eigenvalue weighted by Gasteiger charge is 2.16. The van der Waals surface area contributed by atoms with Crippen LogP contribution in [0.4, 0.5) is 5.69 Å². The number of hydrogen-bond acceptors (Lipinski definition) is 4. The standard InChI is InChI=1S/C15H14N4O2/c1-2-3-15-17-8-9-18(15)13-4-5-14(19(20)21)12-10-16-7-6-11(12)13/h4-10H,2-3H2,1H3. The Morgan fingerprint density at radius 1 is 1.24 bits per heavy atom. The molecule has 0 fully saturated rings. The summed E-state index contributed by atoms with van der Waals surface area (Å²) in [6.07, 6.45) is 8.66. The molecule has 106 valence electrons. The number of fused-ring (bicyclic) bond motifs is 1. The molecule has 0 aliphatic heterocycles. The minimum absolute atomic E-state index is 0.0685. The second-order valence-electron chi connectivity index (χ2n) is 4.75. The van der Waals surface area contributed by atoms with Crippen molar-refractivity contribution in [2.45, 2.75) is 19.8 Å². The van der Waals surface area contributed by atoms with Crippen LogP contribution in [0.3, 0.4) is 0 Å². The second-order valence-corrected chi connectivity index (χ2v) is 4.75. The van der Waals surface area contributed by atoms with E-state index in [4.69, 9.17) is 0 Å². The largest absolute Gasteiger partial charge is 0.303 e. The summed E-state index contributed by atoms with van der Waals surface area (Å²) in [5, 5.41) is 12.5. The van der Waals surface area contributed by atoms with Crippen LogP contribution in [0.15, 0.2) is 43.0 Å². The summed E-state index contributed by atoms with van der Waals surface area (Å²) in [4.78, 5) is 19.1. The molecule has 0 saturated heterocycles. The normalized spacial score (nSPS) is 10.9. The van der Waals surface area contributed by atoms with Crippen molar-refractivity contribution in [1.29, 1.82) is 0 Å². The number of non-ortho nitro benzene ring substituents is 1. The molecular weight excluding hydrogens is 268 g/mol. The third kappa shape index (κ3) is 2.24. The van der Waals surface area contributed by atoms with Crippen molar-refractivity contribution in [3.63, 3.8) is 0 Å². The fourth-order valence-corrected chi connectivity index (χ4v) is 2.49. The Labute approximate surface area is 121 Å². The summed E-state index contributed by atoms with van der Waals surface area (Å²) in [6.45, 7) is 2.09. The molecule has 6 nitrogen and oxygen atoms in total. The number of nitrogens with zero attached hydrogens (tertiary/aromatic N) is 4. The minimum atomic E-state index is -0.380. The molecule has 0 aliphatic rings. The van der Waals surface area contributed by atoms with Gasteiger partial charge in [-0.2, -0.15) is 0 Å². The predicted molar refractivity (Wildman–Crippen MR) is 79.5 cm³/mol. The molecule has 1 aromatic carbocycles. The van der Waals surface area contributed by atoms with Gasteiger partial charge in [-0.05, 0) is 18.6 Å². The van der Waals surface area contributed by atoms with E-state index in [1.165, 1.54) is 12.3 Å². The smallest absolute Gasteiger partial charge is 0.278 e. The number of hydrogen-bond donors (Lipinski definition) is 0. The van der Waals surface area contributed by atoms with Gasteiger partial charge < -0.3 is 4.57 Å². The maximum atomic E-state index is 11.1. The van der Waals surface area contributed by atoms with E-state index in [1.807, 2.05) is 10.8 Å². The van der Waals surface area contributed by atoms with E-state index in [0.717, 1.165) is 29.7 Å². The summed E-state index contributed by atoms with van der Waals surface area (Å²) in [5.41, 5.74) is 0.956. The third-order valence-electron chi connectivity index (χ3n) is 3.42. The van der Waals surface area contributed by atoms with Crippen LogP contribution in [0.5, 0.6) is 0 Å². The first-order chi connectivity index (χ1) is 10.2. The van der Waals surface area contributed by atoms with Gasteiger partial charge in [0, 0.05) is 42.7 Å². The van der Waals surface area contributed by atoms with Gasteiger partial charge in [-0.25, -0.2) is 4.98 Å². The number of aromatic nitrogens is 3. The van der Waals surface area contributed by atoms with E-state index in [0.29, 0.717) is 5.39 Å². The van der Waals surface area contributed by atoms with Crippen molar-refractivity contribution in [2.75, 3.05) is 0 Å². The Hall–Kier alpha value is -2.76. The molecular formula is C15H14N4O2. The monoisotopic (exact) mass is 282 g/mol. The maximum absolute atomic E-state index is 11.1. The number of benzene rings is 1. The summed E-state index contributed by atoms with van der Waals surface area (Å²) in [5.74, 6) is 0.949. The number of pyridine rings is 1. The van der Waals surface area contributed by atoms with Crippen LogP contribution in [-0.2, 0) is 6.42 Å². The summed E-state index contributed by atoms with van der Waals surface area (Å²) >= 11 is 0. The van der Waals surface area contributed by atoms with Crippen LogP contribution >= 0.6 is 0 Å². The molecule has 0 amide bonds. The Balaban J connectivity index is 2.27. The van der Waals surface area contributed by atoms with E-state index in [2.05, 4.69) is 16.9 Å². The van der Waals surface area contributed by atoms with Gasteiger partial charge in [0.1, 0.15) is 5.82 Å². The summed E-state index contributed by atoms with van der Waals surface area (Å²) in [6, 6.07) is 5.09. The van der Waals surface area contributed by atoms with Crippen LogP contribution in [0.2, 0.25) is 0 Å². The lowest BCUT2D eigenvalue weighted by molar-refractivity contribution is -0.383. The average molecular weight is 282 g/mol. The van der Waals surface area contributed by atoms with Crippen molar-refractivity contribution in [2.24, 2.45) is 0 Å². The Morgan fingerprint density at radius 3 is 2.86 bits per heavy atom. The molecule has 0 N–H and O–H groups in total. The highest BCUT2D eigenvalue weighted by Crippen LogP contribution is 2.30. The highest BCUT2D eigenvalue weighted by atomic mass is 16.6. The van der Waals surface area contributed by atoms with E-state index >= 15 is 0 Å². The summed E-state index contributed by atoms with van der Waals surface area (Å²) < 4.78 is 1.98. The third-order valence-corrected chi connectivity index (χ3v) is 3.42. The van der Waals surface area contributed by atoms with Gasteiger partial charge in [0.2, 0.25) is 0 Å². The number of aryl methyl sites for hydroxylation is 1. The molecule has 6 heteroatoms. The van der Waals surface area contributed by atoms with Crippen molar-refractivity contribution in [3.05, 3.63) is 58.9 Å². The van der Waals surface area contributed by atoms with Crippen molar-refractivity contribution >= 4 is 16.5 Å². The van der Waals surface area contributed by atoms with Crippen LogP contribution in [0, 0.1) is 10.1 Å². The van der Waals surface area contributed by atoms with E-state index in [9.17, 15) is 10.1 Å². The van der Waals surface area contributed by atoms with Gasteiger partial charge >= 0.3 is 0 Å². The van der Waals surface area contributed by atoms with Crippen molar-refractivity contribution < 1.29 is 4.92 Å². The SMILES string of the molecule is CCCc1nccn1-c1ccc([N+](=O)[O-])c2cnccc12. The Kier molecular flexibility index (Phi) is 3.35. The number of imidazole rings is 1. The van der Waals surface area contributed by atoms with E-state index in [-0.39, 0.29) is 10.6 Å². The van der Waals surface area contributed by atoms with Gasteiger partial charge in [-0.3, -0.25) is 15.1 Å². The lowest BCUT2D eigenvalue weighted by atomic mass is 10.1. The van der Waals surface area contributed by atoms with Crippen molar-refractivity contribution in [3.8, 4) is 5.69 Å². The Bertz CT molecular complexity index is 810. The quantitative estimate of drug-likeness (QED) is 0.543. The number of nitro groups is 1. The first-order valence-electron chi connectivity index (χ1n) is 6.76. The molecule has 0 aliphatic carbocycles. The number of nitro benzene ring substituents is 1. The number of rotatable bonds is 4. The first kappa shape index (κ1) is 13.2. The molecule has 0 spiro atoms. The predicted octanol–water partition coefficient (Wildman–Crippen LogP) is 3.28. The zero-order chi connectivity index (χ0) is 14.8. The first-order valence-corrected chi connectivity index (χ1v) is 6.76. The van der Waals surface area contributed by atoms with Gasteiger partial charge in [0.05, 0.1) is 16.0 Å². The molecule has 0 saturated carbocycles. The van der Waals surface area contributed by atoms with E-state index in [1.54, 1.807) is 24.5 Å².